The molecule has 0 amide bonds. The van der Waals surface area contributed by atoms with Crippen molar-refractivity contribution in [1.82, 2.24) is 9.97 Å². The molecule has 0 aliphatic heterocycles. The van der Waals surface area contributed by atoms with E-state index in [1.165, 1.54) is 19.2 Å². The van der Waals surface area contributed by atoms with Crippen molar-refractivity contribution in [3.05, 3.63) is 60.2 Å². The molecular formula is C20H19F3N4O. The van der Waals surface area contributed by atoms with Gasteiger partial charge in [0.05, 0.1) is 18.4 Å². The number of halogens is 3. The summed E-state index contributed by atoms with van der Waals surface area (Å²) in [6.45, 7) is 2.52. The molecule has 0 bridgehead atoms. The van der Waals surface area contributed by atoms with Gasteiger partial charge in [0, 0.05) is 23.9 Å². The van der Waals surface area contributed by atoms with Gasteiger partial charge in [-0.25, -0.2) is 4.98 Å². The highest BCUT2D eigenvalue weighted by molar-refractivity contribution is 5.68. The predicted octanol–water partition coefficient (Wildman–Crippen LogP) is 5.35. The van der Waals surface area contributed by atoms with Gasteiger partial charge in [0.15, 0.2) is 0 Å². The van der Waals surface area contributed by atoms with E-state index in [2.05, 4.69) is 20.6 Å². The molecule has 0 atom stereocenters. The number of methoxy groups -OCH3 is 1. The smallest absolute Gasteiger partial charge is 0.420 e. The lowest BCUT2D eigenvalue weighted by molar-refractivity contribution is -0.138. The van der Waals surface area contributed by atoms with Crippen LogP contribution in [0.2, 0.25) is 0 Å². The molecule has 0 aliphatic rings. The van der Waals surface area contributed by atoms with Crippen molar-refractivity contribution in [2.75, 3.05) is 24.3 Å². The van der Waals surface area contributed by atoms with Crippen molar-refractivity contribution in [2.45, 2.75) is 13.1 Å². The van der Waals surface area contributed by atoms with Crippen LogP contribution in [0.25, 0.3) is 11.3 Å². The number of rotatable bonds is 6. The van der Waals surface area contributed by atoms with Gasteiger partial charge in [0.2, 0.25) is 5.95 Å². The summed E-state index contributed by atoms with van der Waals surface area (Å²) >= 11 is 0. The Morgan fingerprint density at radius 1 is 1.00 bits per heavy atom. The number of benzene rings is 2. The molecule has 3 rings (SSSR count). The molecule has 28 heavy (non-hydrogen) atoms. The summed E-state index contributed by atoms with van der Waals surface area (Å²) in [5.74, 6) is 0.526. The summed E-state index contributed by atoms with van der Waals surface area (Å²) in [6.07, 6.45) is -4.53. The van der Waals surface area contributed by atoms with Crippen LogP contribution < -0.4 is 15.4 Å². The first kappa shape index (κ1) is 19.5. The summed E-state index contributed by atoms with van der Waals surface area (Å²) in [4.78, 5) is 8.79. The van der Waals surface area contributed by atoms with E-state index in [-0.39, 0.29) is 11.4 Å². The number of alkyl halides is 3. The highest BCUT2D eigenvalue weighted by atomic mass is 19.4. The first-order valence-electron chi connectivity index (χ1n) is 8.61. The lowest BCUT2D eigenvalue weighted by atomic mass is 10.1. The zero-order chi connectivity index (χ0) is 20.1. The normalized spacial score (nSPS) is 11.2. The number of aromatic nitrogens is 2. The number of anilines is 3. The lowest BCUT2D eigenvalue weighted by Crippen LogP contribution is -2.09. The van der Waals surface area contributed by atoms with Crippen LogP contribution in [0.4, 0.5) is 30.6 Å². The van der Waals surface area contributed by atoms with E-state index in [1.54, 1.807) is 6.07 Å². The van der Waals surface area contributed by atoms with Gasteiger partial charge in [-0.1, -0.05) is 30.3 Å². The number of ether oxygens (including phenoxy) is 1. The molecule has 0 aliphatic carbocycles. The van der Waals surface area contributed by atoms with Gasteiger partial charge >= 0.3 is 6.18 Å². The Kier molecular flexibility index (Phi) is 5.67. The molecule has 0 saturated heterocycles. The summed E-state index contributed by atoms with van der Waals surface area (Å²) < 4.78 is 44.6. The van der Waals surface area contributed by atoms with Crippen LogP contribution in [-0.4, -0.2) is 23.6 Å². The lowest BCUT2D eigenvalue weighted by Gasteiger charge is -2.15. The molecule has 2 N–H and O–H groups in total. The largest absolute Gasteiger partial charge is 0.496 e. The van der Waals surface area contributed by atoms with Gasteiger partial charge in [-0.05, 0) is 25.1 Å². The minimum atomic E-state index is -4.53. The number of hydrogen-bond acceptors (Lipinski definition) is 5. The van der Waals surface area contributed by atoms with Crippen LogP contribution in [0.15, 0.2) is 54.6 Å². The minimum absolute atomic E-state index is 0.237. The molecule has 0 unspecified atom stereocenters. The van der Waals surface area contributed by atoms with Crippen molar-refractivity contribution in [1.29, 1.82) is 0 Å². The highest BCUT2D eigenvalue weighted by Gasteiger charge is 2.34. The third kappa shape index (κ3) is 4.51. The number of hydrogen-bond donors (Lipinski definition) is 2. The molecule has 146 valence electrons. The maximum absolute atomic E-state index is 13.3. The molecule has 1 aromatic heterocycles. The van der Waals surface area contributed by atoms with Crippen molar-refractivity contribution >= 4 is 17.5 Å². The third-order valence-electron chi connectivity index (χ3n) is 3.91. The Bertz CT molecular complexity index is 946. The zero-order valence-electron chi connectivity index (χ0n) is 15.3. The van der Waals surface area contributed by atoms with Gasteiger partial charge in [0.25, 0.3) is 0 Å². The van der Waals surface area contributed by atoms with Crippen molar-refractivity contribution < 1.29 is 17.9 Å². The Labute approximate surface area is 160 Å². The Morgan fingerprint density at radius 3 is 2.39 bits per heavy atom. The van der Waals surface area contributed by atoms with Crippen LogP contribution >= 0.6 is 0 Å². The molecule has 1 heterocycles. The first-order valence-corrected chi connectivity index (χ1v) is 8.61. The highest BCUT2D eigenvalue weighted by Crippen LogP contribution is 2.38. The summed E-state index contributed by atoms with van der Waals surface area (Å²) in [5.41, 5.74) is 0.911. The molecule has 0 fully saturated rings. The van der Waals surface area contributed by atoms with Gasteiger partial charge in [0.1, 0.15) is 11.6 Å². The molecule has 0 radical (unpaired) electrons. The Morgan fingerprint density at radius 2 is 1.75 bits per heavy atom. The third-order valence-corrected chi connectivity index (χ3v) is 3.91. The van der Waals surface area contributed by atoms with E-state index in [0.29, 0.717) is 24.0 Å². The fraction of sp³-hybridized carbons (Fsp3) is 0.200. The fourth-order valence-corrected chi connectivity index (χ4v) is 2.66. The van der Waals surface area contributed by atoms with E-state index in [9.17, 15) is 13.2 Å². The van der Waals surface area contributed by atoms with Crippen molar-refractivity contribution in [3.63, 3.8) is 0 Å². The molecule has 5 nitrogen and oxygen atoms in total. The second-order valence-electron chi connectivity index (χ2n) is 5.90. The Hall–Kier alpha value is -3.29. The second kappa shape index (κ2) is 8.16. The molecule has 0 saturated carbocycles. The van der Waals surface area contributed by atoms with Gasteiger partial charge in [-0.2, -0.15) is 18.2 Å². The number of nitrogens with zero attached hydrogens (tertiary/aromatic N) is 2. The quantitative estimate of drug-likeness (QED) is 0.596. The van der Waals surface area contributed by atoms with Crippen LogP contribution in [0, 0.1) is 0 Å². The molecule has 3 aromatic rings. The van der Waals surface area contributed by atoms with Crippen LogP contribution in [0.5, 0.6) is 5.75 Å². The van der Waals surface area contributed by atoms with E-state index in [1.807, 2.05) is 37.3 Å². The predicted molar refractivity (Wildman–Crippen MR) is 103 cm³/mol. The molecular weight excluding hydrogens is 369 g/mol. The second-order valence-corrected chi connectivity index (χ2v) is 5.90. The summed E-state index contributed by atoms with van der Waals surface area (Å²) in [7, 11) is 1.21. The molecule has 2 aromatic carbocycles. The van der Waals surface area contributed by atoms with Crippen molar-refractivity contribution in [3.8, 4) is 17.0 Å². The first-order chi connectivity index (χ1) is 13.4. The average Bonchev–Trinajstić information content (AvgIpc) is 2.68. The van der Waals surface area contributed by atoms with Gasteiger partial charge < -0.3 is 15.4 Å². The average molecular weight is 388 g/mol. The standard InChI is InChI=1S/C20H19F3N4O/c1-3-24-19-26-16(13-7-5-4-6-8-13)12-18(27-19)25-14-9-10-17(28-2)15(11-14)20(21,22)23/h4-12H,3H2,1-2H3,(H2,24,25,26,27). The maximum atomic E-state index is 13.3. The van der Waals surface area contributed by atoms with Crippen molar-refractivity contribution in [2.24, 2.45) is 0 Å². The van der Waals surface area contributed by atoms with E-state index >= 15 is 0 Å². The van der Waals surface area contributed by atoms with Gasteiger partial charge in [-0.3, -0.25) is 0 Å². The summed E-state index contributed by atoms with van der Waals surface area (Å²) in [6, 6.07) is 14.9. The molecule has 0 spiro atoms. The van der Waals surface area contributed by atoms with Crippen LogP contribution in [0.3, 0.4) is 0 Å². The maximum Gasteiger partial charge on any atom is 0.420 e. The van der Waals surface area contributed by atoms with E-state index in [0.717, 1.165) is 11.6 Å². The van der Waals surface area contributed by atoms with Crippen LogP contribution in [-0.2, 0) is 6.18 Å². The zero-order valence-corrected chi connectivity index (χ0v) is 15.3. The minimum Gasteiger partial charge on any atom is -0.496 e. The molecule has 8 heteroatoms. The fourth-order valence-electron chi connectivity index (χ4n) is 2.66. The van der Waals surface area contributed by atoms with E-state index < -0.39 is 11.7 Å². The Balaban J connectivity index is 1.99. The SMILES string of the molecule is CCNc1nc(Nc2ccc(OC)c(C(F)(F)F)c2)cc(-c2ccccc2)n1. The number of nitrogens with one attached hydrogen (secondary N) is 2. The van der Waals surface area contributed by atoms with E-state index in [4.69, 9.17) is 4.74 Å². The van der Waals surface area contributed by atoms with Gasteiger partial charge in [-0.15, -0.1) is 0 Å². The topological polar surface area (TPSA) is 59.1 Å². The monoisotopic (exact) mass is 388 g/mol. The van der Waals surface area contributed by atoms with Crippen LogP contribution in [0.1, 0.15) is 12.5 Å². The summed E-state index contributed by atoms with van der Waals surface area (Å²) in [5, 5.41) is 5.97.